The van der Waals surface area contributed by atoms with Crippen molar-refractivity contribution in [2.45, 2.75) is 25.9 Å². The lowest BCUT2D eigenvalue weighted by molar-refractivity contribution is -0.117. The average molecular weight is 378 g/mol. The molecule has 0 spiro atoms. The molecule has 1 aromatic carbocycles. The average Bonchev–Trinajstić information content (AvgIpc) is 3.38. The summed E-state index contributed by atoms with van der Waals surface area (Å²) < 4.78 is 10.7. The van der Waals surface area contributed by atoms with Gasteiger partial charge >= 0.3 is 5.97 Å². The summed E-state index contributed by atoms with van der Waals surface area (Å²) in [5, 5.41) is 3.90. The molecular weight excluding hydrogens is 360 g/mol. The number of carbonyl (C=O) groups is 2. The van der Waals surface area contributed by atoms with Crippen LogP contribution in [0.25, 0.3) is 11.4 Å². The van der Waals surface area contributed by atoms with Crippen LogP contribution >= 0.6 is 0 Å². The third kappa shape index (κ3) is 3.62. The summed E-state index contributed by atoms with van der Waals surface area (Å²) in [6.45, 7) is 2.32. The molecule has 1 atom stereocenters. The fourth-order valence-electron chi connectivity index (χ4n) is 3.01. The second kappa shape index (κ2) is 7.59. The van der Waals surface area contributed by atoms with E-state index in [0.717, 1.165) is 6.42 Å². The van der Waals surface area contributed by atoms with Gasteiger partial charge in [0.1, 0.15) is 0 Å². The highest BCUT2D eigenvalue weighted by molar-refractivity contribution is 5.97. The summed E-state index contributed by atoms with van der Waals surface area (Å²) in [5.41, 5.74) is 1.76. The van der Waals surface area contributed by atoms with Crippen LogP contribution in [0.4, 0.5) is 5.69 Å². The molecule has 3 aromatic rings. The number of nitrogens with zero attached hydrogens (tertiary/aromatic N) is 4. The first kappa shape index (κ1) is 17.8. The molecule has 0 bridgehead atoms. The Morgan fingerprint density at radius 1 is 1.29 bits per heavy atom. The molecule has 8 nitrogen and oxygen atoms in total. The van der Waals surface area contributed by atoms with E-state index in [1.165, 1.54) is 0 Å². The van der Waals surface area contributed by atoms with Crippen molar-refractivity contribution in [3.05, 3.63) is 60.2 Å². The molecule has 28 heavy (non-hydrogen) atoms. The molecule has 1 aliphatic heterocycles. The SMILES string of the molecule is CC(OC(=O)c1cccc(N2CCCC2=O)c1)c1nc(-c2cccnc2)no1. The van der Waals surface area contributed by atoms with E-state index in [2.05, 4.69) is 15.1 Å². The molecule has 0 N–H and O–H groups in total. The van der Waals surface area contributed by atoms with Crippen LogP contribution in [0.1, 0.15) is 42.1 Å². The van der Waals surface area contributed by atoms with Gasteiger partial charge in [-0.15, -0.1) is 0 Å². The number of pyridine rings is 1. The largest absolute Gasteiger partial charge is 0.449 e. The van der Waals surface area contributed by atoms with Gasteiger partial charge in [0.25, 0.3) is 5.89 Å². The van der Waals surface area contributed by atoms with Gasteiger partial charge in [-0.2, -0.15) is 4.98 Å². The van der Waals surface area contributed by atoms with Gasteiger partial charge in [-0.05, 0) is 43.7 Å². The Bertz CT molecular complexity index is 1000. The Labute approximate surface area is 161 Å². The maximum atomic E-state index is 12.5. The van der Waals surface area contributed by atoms with Crippen LogP contribution in [0.5, 0.6) is 0 Å². The number of anilines is 1. The normalized spacial score (nSPS) is 14.9. The van der Waals surface area contributed by atoms with E-state index in [4.69, 9.17) is 9.26 Å². The number of hydrogen-bond donors (Lipinski definition) is 0. The van der Waals surface area contributed by atoms with Crippen molar-refractivity contribution in [1.29, 1.82) is 0 Å². The predicted octanol–water partition coefficient (Wildman–Crippen LogP) is 3.18. The van der Waals surface area contributed by atoms with Crippen molar-refractivity contribution in [2.24, 2.45) is 0 Å². The second-order valence-corrected chi connectivity index (χ2v) is 6.44. The molecule has 0 aliphatic carbocycles. The molecule has 0 radical (unpaired) electrons. The highest BCUT2D eigenvalue weighted by atomic mass is 16.6. The first-order valence-electron chi connectivity index (χ1n) is 8.97. The van der Waals surface area contributed by atoms with E-state index >= 15 is 0 Å². The summed E-state index contributed by atoms with van der Waals surface area (Å²) >= 11 is 0. The van der Waals surface area contributed by atoms with Gasteiger partial charge in [0, 0.05) is 36.6 Å². The standard InChI is InChI=1S/C20H18N4O4/c1-13(19-22-18(23-28-19)15-6-3-9-21-12-15)27-20(26)14-5-2-7-16(11-14)24-10-4-8-17(24)25/h2-3,5-7,9,11-13H,4,8,10H2,1H3. The lowest BCUT2D eigenvalue weighted by atomic mass is 10.2. The first-order valence-corrected chi connectivity index (χ1v) is 8.97. The van der Waals surface area contributed by atoms with Crippen LogP contribution in [0, 0.1) is 0 Å². The first-order chi connectivity index (χ1) is 13.6. The number of hydrogen-bond acceptors (Lipinski definition) is 7. The van der Waals surface area contributed by atoms with Gasteiger partial charge < -0.3 is 14.2 Å². The molecule has 4 rings (SSSR count). The monoisotopic (exact) mass is 378 g/mol. The number of benzene rings is 1. The Hall–Kier alpha value is -3.55. The summed E-state index contributed by atoms with van der Waals surface area (Å²) in [7, 11) is 0. The highest BCUT2D eigenvalue weighted by Gasteiger charge is 2.24. The minimum atomic E-state index is -0.720. The maximum Gasteiger partial charge on any atom is 0.338 e. The molecule has 2 aromatic heterocycles. The van der Waals surface area contributed by atoms with Crippen LogP contribution < -0.4 is 4.90 Å². The molecule has 142 valence electrons. The number of ether oxygens (including phenoxy) is 1. The van der Waals surface area contributed by atoms with E-state index in [1.54, 1.807) is 48.5 Å². The number of aromatic nitrogens is 3. The zero-order chi connectivity index (χ0) is 19.5. The van der Waals surface area contributed by atoms with Crippen LogP contribution in [0.3, 0.4) is 0 Å². The minimum Gasteiger partial charge on any atom is -0.449 e. The maximum absolute atomic E-state index is 12.5. The minimum absolute atomic E-state index is 0.0627. The second-order valence-electron chi connectivity index (χ2n) is 6.44. The topological polar surface area (TPSA) is 98.4 Å². The molecule has 3 heterocycles. The smallest absolute Gasteiger partial charge is 0.338 e. The fraction of sp³-hybridized carbons (Fsp3) is 0.250. The lowest BCUT2D eigenvalue weighted by Crippen LogP contribution is -2.24. The highest BCUT2D eigenvalue weighted by Crippen LogP contribution is 2.24. The fourth-order valence-corrected chi connectivity index (χ4v) is 3.01. The van der Waals surface area contributed by atoms with E-state index < -0.39 is 12.1 Å². The third-order valence-electron chi connectivity index (χ3n) is 4.46. The zero-order valence-electron chi connectivity index (χ0n) is 15.2. The molecule has 1 fully saturated rings. The van der Waals surface area contributed by atoms with Crippen LogP contribution in [0.15, 0.2) is 53.3 Å². The van der Waals surface area contributed by atoms with Crippen molar-refractivity contribution in [1.82, 2.24) is 15.1 Å². The Morgan fingerprint density at radius 2 is 2.18 bits per heavy atom. The van der Waals surface area contributed by atoms with Gasteiger partial charge in [0.05, 0.1) is 5.56 Å². The summed E-state index contributed by atoms with van der Waals surface area (Å²) in [5.74, 6) is 0.105. The lowest BCUT2D eigenvalue weighted by Gasteiger charge is -2.16. The number of esters is 1. The molecule has 1 unspecified atom stereocenters. The molecule has 8 heteroatoms. The molecule has 1 amide bonds. The molecule has 1 saturated heterocycles. The van der Waals surface area contributed by atoms with Gasteiger partial charge in [0.15, 0.2) is 6.10 Å². The van der Waals surface area contributed by atoms with E-state index in [9.17, 15) is 9.59 Å². The Kier molecular flexibility index (Phi) is 4.84. The van der Waals surface area contributed by atoms with Crippen molar-refractivity contribution in [3.63, 3.8) is 0 Å². The molecular formula is C20H18N4O4. The predicted molar refractivity (Wildman–Crippen MR) is 99.4 cm³/mol. The molecule has 0 saturated carbocycles. The van der Waals surface area contributed by atoms with E-state index in [1.807, 2.05) is 12.1 Å². The van der Waals surface area contributed by atoms with Crippen LogP contribution in [-0.2, 0) is 9.53 Å². The summed E-state index contributed by atoms with van der Waals surface area (Å²) in [6.07, 6.45) is 3.90. The van der Waals surface area contributed by atoms with Crippen molar-refractivity contribution < 1.29 is 18.8 Å². The Balaban J connectivity index is 1.46. The van der Waals surface area contributed by atoms with Gasteiger partial charge in [-0.1, -0.05) is 11.2 Å². The number of amides is 1. The van der Waals surface area contributed by atoms with Gasteiger partial charge in [-0.3, -0.25) is 9.78 Å². The molecule has 1 aliphatic rings. The summed E-state index contributed by atoms with van der Waals surface area (Å²) in [4.78, 5) is 34.4. The Morgan fingerprint density at radius 3 is 2.93 bits per heavy atom. The zero-order valence-corrected chi connectivity index (χ0v) is 15.2. The third-order valence-corrected chi connectivity index (χ3v) is 4.46. The van der Waals surface area contributed by atoms with E-state index in [0.29, 0.717) is 35.6 Å². The van der Waals surface area contributed by atoms with Crippen LogP contribution in [0.2, 0.25) is 0 Å². The van der Waals surface area contributed by atoms with Crippen molar-refractivity contribution in [3.8, 4) is 11.4 Å². The number of carbonyl (C=O) groups excluding carboxylic acids is 2. The van der Waals surface area contributed by atoms with Gasteiger partial charge in [-0.25, -0.2) is 4.79 Å². The van der Waals surface area contributed by atoms with Crippen molar-refractivity contribution >= 4 is 17.6 Å². The van der Waals surface area contributed by atoms with E-state index in [-0.39, 0.29) is 11.8 Å². The van der Waals surface area contributed by atoms with Crippen molar-refractivity contribution in [2.75, 3.05) is 11.4 Å². The number of rotatable bonds is 5. The van der Waals surface area contributed by atoms with Gasteiger partial charge in [0.2, 0.25) is 11.7 Å². The quantitative estimate of drug-likeness (QED) is 0.629. The summed E-state index contributed by atoms with van der Waals surface area (Å²) in [6, 6.07) is 10.4. The van der Waals surface area contributed by atoms with Crippen LogP contribution in [-0.4, -0.2) is 33.5 Å².